The molecule has 0 spiro atoms. The molecular weight excluding hydrogens is 478 g/mol. The molecule has 5 rings (SSSR count). The maximum Gasteiger partial charge on any atom is 0.223 e. The van der Waals surface area contributed by atoms with Gasteiger partial charge in [0.25, 0.3) is 0 Å². The predicted molar refractivity (Wildman–Crippen MR) is 151 cm³/mol. The first-order valence-corrected chi connectivity index (χ1v) is 14.5. The Balaban J connectivity index is 1.04. The van der Waals surface area contributed by atoms with Crippen LogP contribution in [0, 0.1) is 5.92 Å². The number of carbonyl (C=O) groups excluding carboxylic acids is 1. The number of aromatic hydroxyl groups is 1. The third-order valence-electron chi connectivity index (χ3n) is 8.64. The highest BCUT2D eigenvalue weighted by atomic mass is 16.3. The summed E-state index contributed by atoms with van der Waals surface area (Å²) >= 11 is 0. The summed E-state index contributed by atoms with van der Waals surface area (Å²) in [4.78, 5) is 22.2. The molecule has 0 radical (unpaired) electrons. The molecule has 2 aliphatic heterocycles. The Bertz CT molecular complexity index is 1060. The van der Waals surface area contributed by atoms with Crippen molar-refractivity contribution in [2.75, 3.05) is 76.1 Å². The van der Waals surface area contributed by atoms with E-state index in [-0.39, 0.29) is 11.7 Å². The Kier molecular flexibility index (Phi) is 8.96. The molecule has 2 aromatic rings. The third-order valence-corrected chi connectivity index (χ3v) is 8.64. The molecule has 1 saturated carbocycles. The van der Waals surface area contributed by atoms with E-state index in [4.69, 9.17) is 5.73 Å². The van der Waals surface area contributed by atoms with Crippen molar-refractivity contribution in [3.8, 4) is 17.0 Å². The normalized spacial score (nSPS) is 20.1. The zero-order valence-electron chi connectivity index (χ0n) is 22.6. The summed E-state index contributed by atoms with van der Waals surface area (Å²) in [7, 11) is 0. The first-order valence-electron chi connectivity index (χ1n) is 14.5. The molecule has 9 heteroatoms. The minimum atomic E-state index is 0.161. The first kappa shape index (κ1) is 26.7. The van der Waals surface area contributed by atoms with Crippen molar-refractivity contribution in [1.29, 1.82) is 0 Å². The van der Waals surface area contributed by atoms with E-state index in [2.05, 4.69) is 24.9 Å². The fraction of sp³-hybridized carbons (Fsp3) is 0.621. The standard InChI is InChI=1S/C29H43N7O2/c30-29-26(22-25(31-32-29)24-8-4-5-9-27(24)37)35-18-20-36(21-19-35)28(38)11-13-34-16-14-33(15-17-34)12-10-23-6-2-1-3-7-23/h4-5,8-9,22-23,37H,1-3,6-7,10-21H2,(H2,30,32). The lowest BCUT2D eigenvalue weighted by molar-refractivity contribution is -0.131. The lowest BCUT2D eigenvalue weighted by atomic mass is 9.87. The van der Waals surface area contributed by atoms with Crippen molar-refractivity contribution in [3.05, 3.63) is 30.3 Å². The molecular formula is C29H43N7O2. The van der Waals surface area contributed by atoms with E-state index < -0.39 is 0 Å². The summed E-state index contributed by atoms with van der Waals surface area (Å²) in [5.41, 5.74) is 8.17. The summed E-state index contributed by atoms with van der Waals surface area (Å²) < 4.78 is 0. The van der Waals surface area contributed by atoms with Gasteiger partial charge in [-0.05, 0) is 37.1 Å². The van der Waals surface area contributed by atoms with E-state index in [0.29, 0.717) is 49.7 Å². The van der Waals surface area contributed by atoms with E-state index in [1.54, 1.807) is 12.1 Å². The summed E-state index contributed by atoms with van der Waals surface area (Å²) in [6, 6.07) is 8.96. The molecule has 3 aliphatic rings. The van der Waals surface area contributed by atoms with Crippen LogP contribution < -0.4 is 10.6 Å². The van der Waals surface area contributed by atoms with Gasteiger partial charge >= 0.3 is 0 Å². The number of phenols is 1. The second-order valence-corrected chi connectivity index (χ2v) is 11.1. The molecule has 3 fully saturated rings. The van der Waals surface area contributed by atoms with Gasteiger partial charge in [0, 0.05) is 70.9 Å². The van der Waals surface area contributed by atoms with Gasteiger partial charge in [0.05, 0.1) is 11.4 Å². The number of piperazine rings is 2. The van der Waals surface area contributed by atoms with Crippen LogP contribution in [0.3, 0.4) is 0 Å². The Hall–Kier alpha value is -2.91. The van der Waals surface area contributed by atoms with Crippen LogP contribution in [0.15, 0.2) is 30.3 Å². The summed E-state index contributed by atoms with van der Waals surface area (Å²) in [6.07, 6.45) is 9.10. The summed E-state index contributed by atoms with van der Waals surface area (Å²) in [6.45, 7) is 9.21. The van der Waals surface area contributed by atoms with Crippen LogP contribution in [0.4, 0.5) is 11.5 Å². The molecule has 2 saturated heterocycles. The molecule has 3 heterocycles. The van der Waals surface area contributed by atoms with Crippen molar-refractivity contribution >= 4 is 17.4 Å². The fourth-order valence-corrected chi connectivity index (χ4v) is 6.15. The minimum Gasteiger partial charge on any atom is -0.507 e. The van der Waals surface area contributed by atoms with Gasteiger partial charge in [-0.1, -0.05) is 44.2 Å². The lowest BCUT2D eigenvalue weighted by Gasteiger charge is -2.38. The highest BCUT2D eigenvalue weighted by molar-refractivity contribution is 5.77. The number of nitrogens with two attached hydrogens (primary N) is 1. The Morgan fingerprint density at radius 3 is 2.29 bits per heavy atom. The Labute approximate surface area is 226 Å². The van der Waals surface area contributed by atoms with Crippen molar-refractivity contribution < 1.29 is 9.90 Å². The smallest absolute Gasteiger partial charge is 0.223 e. The van der Waals surface area contributed by atoms with Crippen LogP contribution in [-0.2, 0) is 4.79 Å². The number of phenolic OH excluding ortho intramolecular Hbond substituents is 1. The average Bonchev–Trinajstić information content (AvgIpc) is 2.97. The van der Waals surface area contributed by atoms with Gasteiger partial charge in [0.2, 0.25) is 5.91 Å². The Morgan fingerprint density at radius 1 is 0.895 bits per heavy atom. The highest BCUT2D eigenvalue weighted by Gasteiger charge is 2.25. The van der Waals surface area contributed by atoms with Gasteiger partial charge in [-0.2, -0.15) is 0 Å². The second kappa shape index (κ2) is 12.8. The molecule has 3 N–H and O–H groups in total. The molecule has 1 aliphatic carbocycles. The largest absolute Gasteiger partial charge is 0.507 e. The molecule has 1 amide bonds. The number of anilines is 2. The fourth-order valence-electron chi connectivity index (χ4n) is 6.15. The third kappa shape index (κ3) is 6.74. The van der Waals surface area contributed by atoms with Crippen LogP contribution in [-0.4, -0.2) is 101 Å². The number of rotatable bonds is 8. The van der Waals surface area contributed by atoms with Crippen molar-refractivity contribution in [2.24, 2.45) is 5.92 Å². The van der Waals surface area contributed by atoms with Gasteiger partial charge in [-0.15, -0.1) is 10.2 Å². The number of nitrogens with zero attached hydrogens (tertiary/aromatic N) is 6. The number of hydrogen-bond donors (Lipinski definition) is 2. The van der Waals surface area contributed by atoms with Crippen LogP contribution in [0.2, 0.25) is 0 Å². The number of hydrogen-bond acceptors (Lipinski definition) is 8. The molecule has 1 aromatic carbocycles. The summed E-state index contributed by atoms with van der Waals surface area (Å²) in [5, 5.41) is 18.5. The number of aromatic nitrogens is 2. The zero-order valence-corrected chi connectivity index (χ0v) is 22.6. The van der Waals surface area contributed by atoms with Gasteiger partial charge in [0.1, 0.15) is 5.75 Å². The lowest BCUT2D eigenvalue weighted by Crippen LogP contribution is -2.50. The number of nitrogen functional groups attached to an aromatic ring is 1. The maximum atomic E-state index is 13.0. The topological polar surface area (TPSA) is 102 Å². The van der Waals surface area contributed by atoms with E-state index in [1.165, 1.54) is 45.1 Å². The van der Waals surface area contributed by atoms with E-state index in [9.17, 15) is 9.90 Å². The van der Waals surface area contributed by atoms with E-state index in [0.717, 1.165) is 44.3 Å². The van der Waals surface area contributed by atoms with Crippen LogP contribution in [0.5, 0.6) is 5.75 Å². The van der Waals surface area contributed by atoms with Crippen molar-refractivity contribution in [1.82, 2.24) is 24.9 Å². The average molecular weight is 522 g/mol. The van der Waals surface area contributed by atoms with Crippen molar-refractivity contribution in [2.45, 2.75) is 44.9 Å². The minimum absolute atomic E-state index is 0.161. The molecule has 1 aromatic heterocycles. The molecule has 9 nitrogen and oxygen atoms in total. The Morgan fingerprint density at radius 2 is 1.58 bits per heavy atom. The first-order chi connectivity index (χ1) is 18.6. The molecule has 38 heavy (non-hydrogen) atoms. The van der Waals surface area contributed by atoms with Crippen LogP contribution >= 0.6 is 0 Å². The number of para-hydroxylation sites is 1. The molecule has 0 unspecified atom stereocenters. The van der Waals surface area contributed by atoms with Crippen molar-refractivity contribution in [3.63, 3.8) is 0 Å². The van der Waals surface area contributed by atoms with Gasteiger partial charge in [0.15, 0.2) is 5.82 Å². The quantitative estimate of drug-likeness (QED) is 0.547. The van der Waals surface area contributed by atoms with Crippen LogP contribution in [0.1, 0.15) is 44.9 Å². The SMILES string of the molecule is Nc1nnc(-c2ccccc2O)cc1N1CCN(C(=O)CCN2CCN(CCC3CCCCC3)CC2)CC1. The highest BCUT2D eigenvalue weighted by Crippen LogP contribution is 2.31. The predicted octanol–water partition coefficient (Wildman–Crippen LogP) is 3.06. The molecule has 0 bridgehead atoms. The van der Waals surface area contributed by atoms with E-state index in [1.807, 2.05) is 23.1 Å². The van der Waals surface area contributed by atoms with Gasteiger partial charge < -0.3 is 30.4 Å². The maximum absolute atomic E-state index is 13.0. The zero-order chi connectivity index (χ0) is 26.3. The second-order valence-electron chi connectivity index (χ2n) is 11.1. The number of benzene rings is 1. The number of carbonyl (C=O) groups is 1. The van der Waals surface area contributed by atoms with Crippen LogP contribution in [0.25, 0.3) is 11.3 Å². The van der Waals surface area contributed by atoms with E-state index >= 15 is 0 Å². The molecule has 206 valence electrons. The van der Waals surface area contributed by atoms with Gasteiger partial charge in [-0.25, -0.2) is 0 Å². The van der Waals surface area contributed by atoms with Gasteiger partial charge in [-0.3, -0.25) is 4.79 Å². The summed E-state index contributed by atoms with van der Waals surface area (Å²) in [5.74, 6) is 1.71. The molecule has 0 atom stereocenters. The monoisotopic (exact) mass is 521 g/mol. The number of amides is 1.